The molecule has 0 saturated carbocycles. The SMILES string of the molecule is CCN1CCC(Cc2ncc3cc(OC)ccn23)C1. The Balaban J connectivity index is 1.78. The summed E-state index contributed by atoms with van der Waals surface area (Å²) < 4.78 is 7.42. The molecule has 1 fully saturated rings. The van der Waals surface area contributed by atoms with Crippen molar-refractivity contribution in [3.05, 3.63) is 30.4 Å². The molecule has 19 heavy (non-hydrogen) atoms. The van der Waals surface area contributed by atoms with Crippen LogP contribution < -0.4 is 4.74 Å². The van der Waals surface area contributed by atoms with Crippen molar-refractivity contribution in [1.29, 1.82) is 0 Å². The Morgan fingerprint density at radius 1 is 1.47 bits per heavy atom. The maximum Gasteiger partial charge on any atom is 0.122 e. The minimum absolute atomic E-state index is 0.743. The molecule has 4 heteroatoms. The second-order valence-electron chi connectivity index (χ2n) is 5.29. The van der Waals surface area contributed by atoms with Crippen LogP contribution in [0.5, 0.6) is 5.75 Å². The van der Waals surface area contributed by atoms with E-state index in [0.29, 0.717) is 0 Å². The summed E-state index contributed by atoms with van der Waals surface area (Å²) in [5, 5.41) is 0. The highest BCUT2D eigenvalue weighted by atomic mass is 16.5. The molecule has 3 heterocycles. The summed E-state index contributed by atoms with van der Waals surface area (Å²) in [6, 6.07) is 4.02. The Labute approximate surface area is 114 Å². The molecule has 0 amide bonds. The Hall–Kier alpha value is -1.55. The summed E-state index contributed by atoms with van der Waals surface area (Å²) in [5.41, 5.74) is 1.11. The van der Waals surface area contributed by atoms with Gasteiger partial charge in [-0.3, -0.25) is 0 Å². The van der Waals surface area contributed by atoms with Gasteiger partial charge in [0.1, 0.15) is 11.6 Å². The van der Waals surface area contributed by atoms with Crippen LogP contribution in [-0.2, 0) is 6.42 Å². The molecule has 0 N–H and O–H groups in total. The number of likely N-dealkylation sites (tertiary alicyclic amines) is 1. The molecule has 0 aromatic carbocycles. The highest BCUT2D eigenvalue weighted by molar-refractivity contribution is 5.50. The average Bonchev–Trinajstić information content (AvgIpc) is 3.06. The van der Waals surface area contributed by atoms with Crippen molar-refractivity contribution < 1.29 is 4.74 Å². The highest BCUT2D eigenvalue weighted by Gasteiger charge is 2.22. The zero-order valence-corrected chi connectivity index (χ0v) is 11.7. The van der Waals surface area contributed by atoms with E-state index in [1.54, 1.807) is 7.11 Å². The molecule has 1 atom stereocenters. The second-order valence-corrected chi connectivity index (χ2v) is 5.29. The van der Waals surface area contributed by atoms with Gasteiger partial charge in [-0.25, -0.2) is 4.98 Å². The fourth-order valence-electron chi connectivity index (χ4n) is 2.94. The van der Waals surface area contributed by atoms with Gasteiger partial charge in [0.2, 0.25) is 0 Å². The van der Waals surface area contributed by atoms with E-state index in [9.17, 15) is 0 Å². The fraction of sp³-hybridized carbons (Fsp3) is 0.533. The number of rotatable bonds is 4. The van der Waals surface area contributed by atoms with Crippen molar-refractivity contribution in [2.24, 2.45) is 5.92 Å². The molecule has 102 valence electrons. The summed E-state index contributed by atoms with van der Waals surface area (Å²) in [6.45, 7) is 5.84. The van der Waals surface area contributed by atoms with E-state index >= 15 is 0 Å². The number of ether oxygens (including phenoxy) is 1. The van der Waals surface area contributed by atoms with Gasteiger partial charge >= 0.3 is 0 Å². The van der Waals surface area contributed by atoms with Crippen LogP contribution in [0.1, 0.15) is 19.2 Å². The van der Waals surface area contributed by atoms with Crippen molar-refractivity contribution in [1.82, 2.24) is 14.3 Å². The molecule has 1 saturated heterocycles. The molecule has 0 bridgehead atoms. The zero-order chi connectivity index (χ0) is 13.2. The summed E-state index contributed by atoms with van der Waals surface area (Å²) in [4.78, 5) is 7.09. The topological polar surface area (TPSA) is 29.8 Å². The van der Waals surface area contributed by atoms with E-state index in [1.807, 2.05) is 18.3 Å². The molecule has 1 aliphatic heterocycles. The maximum atomic E-state index is 5.25. The number of hydrogen-bond acceptors (Lipinski definition) is 3. The minimum atomic E-state index is 0.743. The first-order valence-corrected chi connectivity index (χ1v) is 7.02. The van der Waals surface area contributed by atoms with Gasteiger partial charge in [-0.1, -0.05) is 6.92 Å². The second kappa shape index (κ2) is 5.21. The lowest BCUT2D eigenvalue weighted by Crippen LogP contribution is -2.20. The van der Waals surface area contributed by atoms with Gasteiger partial charge < -0.3 is 14.0 Å². The van der Waals surface area contributed by atoms with Crippen LogP contribution in [0.2, 0.25) is 0 Å². The summed E-state index contributed by atoms with van der Waals surface area (Å²) in [5.74, 6) is 2.80. The van der Waals surface area contributed by atoms with Gasteiger partial charge in [0.05, 0.1) is 18.8 Å². The lowest BCUT2D eigenvalue weighted by molar-refractivity contribution is 0.341. The van der Waals surface area contributed by atoms with Gasteiger partial charge in [0.15, 0.2) is 0 Å². The molecular formula is C15H21N3O. The van der Waals surface area contributed by atoms with Crippen molar-refractivity contribution in [3.63, 3.8) is 0 Å². The Morgan fingerprint density at radius 3 is 3.11 bits per heavy atom. The first-order valence-electron chi connectivity index (χ1n) is 7.02. The van der Waals surface area contributed by atoms with Crippen LogP contribution in [0.15, 0.2) is 24.5 Å². The molecule has 0 radical (unpaired) electrons. The number of imidazole rings is 1. The van der Waals surface area contributed by atoms with E-state index in [4.69, 9.17) is 4.74 Å². The van der Waals surface area contributed by atoms with Crippen LogP contribution in [0, 0.1) is 5.92 Å². The zero-order valence-electron chi connectivity index (χ0n) is 11.7. The van der Waals surface area contributed by atoms with Crippen LogP contribution in [-0.4, -0.2) is 41.0 Å². The molecule has 1 unspecified atom stereocenters. The number of aromatic nitrogens is 2. The Morgan fingerprint density at radius 2 is 2.37 bits per heavy atom. The standard InChI is InChI=1S/C15H21N3O/c1-3-17-6-4-12(11-17)8-15-16-10-13-9-14(19-2)5-7-18(13)15/h5,7,9-10,12H,3-4,6,8,11H2,1-2H3. The highest BCUT2D eigenvalue weighted by Crippen LogP contribution is 2.22. The molecule has 4 nitrogen and oxygen atoms in total. The van der Waals surface area contributed by atoms with Gasteiger partial charge in [-0.15, -0.1) is 0 Å². The predicted molar refractivity (Wildman–Crippen MR) is 75.7 cm³/mol. The van der Waals surface area contributed by atoms with E-state index in [0.717, 1.165) is 30.1 Å². The smallest absolute Gasteiger partial charge is 0.122 e. The quantitative estimate of drug-likeness (QED) is 0.843. The number of nitrogens with zero attached hydrogens (tertiary/aromatic N) is 3. The van der Waals surface area contributed by atoms with Gasteiger partial charge in [0, 0.05) is 25.2 Å². The van der Waals surface area contributed by atoms with Gasteiger partial charge in [-0.05, 0) is 31.5 Å². The summed E-state index contributed by atoms with van der Waals surface area (Å²) in [7, 11) is 1.70. The molecular weight excluding hydrogens is 238 g/mol. The van der Waals surface area contributed by atoms with Crippen LogP contribution in [0.3, 0.4) is 0 Å². The third-order valence-electron chi connectivity index (χ3n) is 4.10. The maximum absolute atomic E-state index is 5.25. The van der Waals surface area contributed by atoms with Crippen molar-refractivity contribution in [2.45, 2.75) is 19.8 Å². The fourth-order valence-corrected chi connectivity index (χ4v) is 2.94. The number of fused-ring (bicyclic) bond motifs is 1. The molecule has 1 aliphatic rings. The molecule has 3 rings (SSSR count). The first-order chi connectivity index (χ1) is 9.30. The van der Waals surface area contributed by atoms with Crippen LogP contribution in [0.4, 0.5) is 0 Å². The third-order valence-corrected chi connectivity index (χ3v) is 4.10. The predicted octanol–water partition coefficient (Wildman–Crippen LogP) is 2.23. The first kappa shape index (κ1) is 12.5. The largest absolute Gasteiger partial charge is 0.497 e. The third kappa shape index (κ3) is 2.45. The van der Waals surface area contributed by atoms with Crippen molar-refractivity contribution in [2.75, 3.05) is 26.7 Å². The lowest BCUT2D eigenvalue weighted by atomic mass is 10.0. The molecule has 2 aromatic heterocycles. The summed E-state index contributed by atoms with van der Waals surface area (Å²) in [6.07, 6.45) is 6.35. The Bertz CT molecular complexity index is 564. The minimum Gasteiger partial charge on any atom is -0.497 e. The van der Waals surface area contributed by atoms with Crippen molar-refractivity contribution >= 4 is 5.52 Å². The number of hydrogen-bond donors (Lipinski definition) is 0. The monoisotopic (exact) mass is 259 g/mol. The van der Waals surface area contributed by atoms with E-state index < -0.39 is 0 Å². The van der Waals surface area contributed by atoms with Gasteiger partial charge in [0.25, 0.3) is 0 Å². The average molecular weight is 259 g/mol. The lowest BCUT2D eigenvalue weighted by Gasteiger charge is -2.12. The van der Waals surface area contributed by atoms with Crippen LogP contribution in [0.25, 0.3) is 5.52 Å². The van der Waals surface area contributed by atoms with Crippen LogP contribution >= 0.6 is 0 Å². The molecule has 0 spiro atoms. The normalized spacial score (nSPS) is 20.2. The molecule has 0 aliphatic carbocycles. The Kier molecular flexibility index (Phi) is 3.42. The van der Waals surface area contributed by atoms with Crippen molar-refractivity contribution in [3.8, 4) is 5.75 Å². The van der Waals surface area contributed by atoms with E-state index in [2.05, 4.69) is 27.4 Å². The number of methoxy groups -OCH3 is 1. The molecule has 2 aromatic rings. The summed E-state index contributed by atoms with van der Waals surface area (Å²) >= 11 is 0. The van der Waals surface area contributed by atoms with E-state index in [1.165, 1.54) is 25.3 Å². The van der Waals surface area contributed by atoms with E-state index in [-0.39, 0.29) is 0 Å². The number of pyridine rings is 1. The van der Waals surface area contributed by atoms with Gasteiger partial charge in [-0.2, -0.15) is 0 Å².